The van der Waals surface area contributed by atoms with E-state index in [0.29, 0.717) is 51.5 Å². The molecule has 1 fully saturated rings. The van der Waals surface area contributed by atoms with Crippen molar-refractivity contribution in [3.63, 3.8) is 0 Å². The molecule has 172 valence electrons. The summed E-state index contributed by atoms with van der Waals surface area (Å²) in [7, 11) is 0. The second-order valence-corrected chi connectivity index (χ2v) is 7.95. The minimum atomic E-state index is -1.18. The van der Waals surface area contributed by atoms with Crippen molar-refractivity contribution in [2.45, 2.75) is 6.10 Å². The average molecular weight is 454 g/mol. The lowest BCUT2D eigenvalue weighted by molar-refractivity contribution is 0.0405. The first-order valence-electron chi connectivity index (χ1n) is 10.9. The number of benzene rings is 3. The molecule has 1 aliphatic heterocycles. The molecule has 0 bridgehead atoms. The molecule has 1 amide bonds. The molecular formula is C26H25F3N2O2. The Morgan fingerprint density at radius 1 is 0.818 bits per heavy atom. The van der Waals surface area contributed by atoms with E-state index in [1.165, 1.54) is 4.90 Å². The number of hydrogen-bond acceptors (Lipinski definition) is 3. The Hall–Kier alpha value is -3.16. The number of ether oxygens (including phenoxy) is 1. The molecule has 7 heteroatoms. The lowest BCUT2D eigenvalue weighted by Gasteiger charge is -2.35. The van der Waals surface area contributed by atoms with Crippen molar-refractivity contribution < 1.29 is 22.7 Å². The van der Waals surface area contributed by atoms with E-state index in [1.54, 1.807) is 0 Å². The summed E-state index contributed by atoms with van der Waals surface area (Å²) in [6.45, 7) is 2.93. The van der Waals surface area contributed by atoms with Crippen molar-refractivity contribution in [2.75, 3.05) is 39.3 Å². The van der Waals surface area contributed by atoms with E-state index in [-0.39, 0.29) is 6.10 Å². The van der Waals surface area contributed by atoms with E-state index >= 15 is 0 Å². The van der Waals surface area contributed by atoms with Gasteiger partial charge in [0.1, 0.15) is 29.1 Å². The summed E-state index contributed by atoms with van der Waals surface area (Å²) in [6, 6.07) is 21.1. The predicted molar refractivity (Wildman–Crippen MR) is 119 cm³/mol. The third kappa shape index (κ3) is 5.61. The fourth-order valence-electron chi connectivity index (χ4n) is 4.02. The third-order valence-corrected chi connectivity index (χ3v) is 5.78. The summed E-state index contributed by atoms with van der Waals surface area (Å²) in [5.74, 6) is -4.16. The van der Waals surface area contributed by atoms with Gasteiger partial charge in [-0.25, -0.2) is 13.2 Å². The minimum absolute atomic E-state index is 0.181. The van der Waals surface area contributed by atoms with Crippen molar-refractivity contribution in [3.8, 4) is 0 Å². The zero-order valence-electron chi connectivity index (χ0n) is 18.1. The maximum absolute atomic E-state index is 14.0. The standard InChI is InChI=1S/C26H25F3N2O2/c27-21-17-22(28)24(23(29)18-21)26(32)31-13-11-30(12-14-31)15-16-33-25(19-7-3-1-4-8-19)20-9-5-2-6-10-20/h1-10,17-18,25H,11-16H2. The summed E-state index contributed by atoms with van der Waals surface area (Å²) in [5, 5.41) is 0. The van der Waals surface area contributed by atoms with Crippen LogP contribution < -0.4 is 0 Å². The predicted octanol–water partition coefficient (Wildman–Crippen LogP) is 4.67. The summed E-state index contributed by atoms with van der Waals surface area (Å²) in [6.07, 6.45) is -0.181. The molecule has 4 rings (SSSR count). The molecule has 0 aliphatic carbocycles. The lowest BCUT2D eigenvalue weighted by atomic mass is 10.0. The van der Waals surface area contributed by atoms with Gasteiger partial charge in [-0.2, -0.15) is 0 Å². The van der Waals surface area contributed by atoms with Crippen LogP contribution in [0.2, 0.25) is 0 Å². The SMILES string of the molecule is O=C(c1c(F)cc(F)cc1F)N1CCN(CCOC(c2ccccc2)c2ccccc2)CC1. The molecule has 0 radical (unpaired) electrons. The molecule has 3 aromatic rings. The molecule has 3 aromatic carbocycles. The second kappa shape index (κ2) is 10.6. The quantitative estimate of drug-likeness (QED) is 0.520. The van der Waals surface area contributed by atoms with Crippen LogP contribution in [0.25, 0.3) is 0 Å². The van der Waals surface area contributed by atoms with Gasteiger partial charge in [-0.3, -0.25) is 9.69 Å². The molecule has 1 saturated heterocycles. The molecule has 1 aliphatic rings. The van der Waals surface area contributed by atoms with Gasteiger partial charge in [0.15, 0.2) is 0 Å². The molecule has 0 saturated carbocycles. The summed E-state index contributed by atoms with van der Waals surface area (Å²) < 4.78 is 47.3. The highest BCUT2D eigenvalue weighted by Gasteiger charge is 2.27. The first kappa shape index (κ1) is 23.0. The Labute approximate surface area is 191 Å². The third-order valence-electron chi connectivity index (χ3n) is 5.78. The van der Waals surface area contributed by atoms with E-state index < -0.39 is 28.9 Å². The van der Waals surface area contributed by atoms with Gasteiger partial charge in [0.25, 0.3) is 5.91 Å². The molecule has 0 atom stereocenters. The smallest absolute Gasteiger partial charge is 0.259 e. The van der Waals surface area contributed by atoms with Crippen LogP contribution in [0.5, 0.6) is 0 Å². The van der Waals surface area contributed by atoms with E-state index in [4.69, 9.17) is 4.74 Å². The molecule has 0 spiro atoms. The number of hydrogen-bond donors (Lipinski definition) is 0. The fourth-order valence-corrected chi connectivity index (χ4v) is 4.02. The topological polar surface area (TPSA) is 32.8 Å². The number of nitrogens with zero attached hydrogens (tertiary/aromatic N) is 2. The highest BCUT2D eigenvalue weighted by Crippen LogP contribution is 2.26. The number of halogens is 3. The number of rotatable bonds is 7. The molecular weight excluding hydrogens is 429 g/mol. The van der Waals surface area contributed by atoms with Gasteiger partial charge >= 0.3 is 0 Å². The van der Waals surface area contributed by atoms with Crippen LogP contribution in [0.4, 0.5) is 13.2 Å². The second-order valence-electron chi connectivity index (χ2n) is 7.95. The van der Waals surface area contributed by atoms with Crippen molar-refractivity contribution in [1.82, 2.24) is 9.80 Å². The van der Waals surface area contributed by atoms with Gasteiger partial charge < -0.3 is 9.64 Å². The number of amides is 1. The Morgan fingerprint density at radius 3 is 1.85 bits per heavy atom. The minimum Gasteiger partial charge on any atom is -0.367 e. The monoisotopic (exact) mass is 454 g/mol. The van der Waals surface area contributed by atoms with Crippen LogP contribution in [0, 0.1) is 17.5 Å². The summed E-state index contributed by atoms with van der Waals surface area (Å²) in [4.78, 5) is 16.1. The normalized spacial score (nSPS) is 14.6. The number of carbonyl (C=O) groups excluding carboxylic acids is 1. The van der Waals surface area contributed by atoms with Gasteiger partial charge in [-0.1, -0.05) is 60.7 Å². The van der Waals surface area contributed by atoms with E-state index in [0.717, 1.165) is 11.1 Å². The van der Waals surface area contributed by atoms with Crippen LogP contribution >= 0.6 is 0 Å². The zero-order chi connectivity index (χ0) is 23.2. The van der Waals surface area contributed by atoms with Crippen molar-refractivity contribution in [3.05, 3.63) is 107 Å². The summed E-state index contributed by atoms with van der Waals surface area (Å²) in [5.41, 5.74) is 1.44. The number of piperazine rings is 1. The van der Waals surface area contributed by atoms with Crippen molar-refractivity contribution in [2.24, 2.45) is 0 Å². The van der Waals surface area contributed by atoms with Gasteiger partial charge in [0.2, 0.25) is 0 Å². The van der Waals surface area contributed by atoms with Crippen LogP contribution in [0.1, 0.15) is 27.6 Å². The molecule has 1 heterocycles. The van der Waals surface area contributed by atoms with Gasteiger partial charge in [0, 0.05) is 44.9 Å². The maximum Gasteiger partial charge on any atom is 0.259 e. The van der Waals surface area contributed by atoms with Crippen molar-refractivity contribution in [1.29, 1.82) is 0 Å². The molecule has 33 heavy (non-hydrogen) atoms. The first-order chi connectivity index (χ1) is 16.0. The lowest BCUT2D eigenvalue weighted by Crippen LogP contribution is -2.49. The largest absolute Gasteiger partial charge is 0.367 e. The first-order valence-corrected chi connectivity index (χ1v) is 10.9. The Morgan fingerprint density at radius 2 is 1.33 bits per heavy atom. The Kier molecular flexibility index (Phi) is 7.42. The summed E-state index contributed by atoms with van der Waals surface area (Å²) >= 11 is 0. The van der Waals surface area contributed by atoms with Crippen molar-refractivity contribution >= 4 is 5.91 Å². The van der Waals surface area contributed by atoms with Gasteiger partial charge in [-0.05, 0) is 11.1 Å². The number of carbonyl (C=O) groups is 1. The molecule has 4 nitrogen and oxygen atoms in total. The zero-order valence-corrected chi connectivity index (χ0v) is 18.1. The van der Waals surface area contributed by atoms with Crippen LogP contribution in [-0.4, -0.2) is 55.0 Å². The van der Waals surface area contributed by atoms with E-state index in [1.807, 2.05) is 60.7 Å². The van der Waals surface area contributed by atoms with Crippen LogP contribution in [0.3, 0.4) is 0 Å². The Bertz CT molecular complexity index is 1010. The Balaban J connectivity index is 1.32. The van der Waals surface area contributed by atoms with E-state index in [2.05, 4.69) is 4.90 Å². The van der Waals surface area contributed by atoms with E-state index in [9.17, 15) is 18.0 Å². The van der Waals surface area contributed by atoms with Crippen LogP contribution in [-0.2, 0) is 4.74 Å². The molecule has 0 aromatic heterocycles. The van der Waals surface area contributed by atoms with Crippen LogP contribution in [0.15, 0.2) is 72.8 Å². The molecule has 0 unspecified atom stereocenters. The van der Waals surface area contributed by atoms with Gasteiger partial charge in [0.05, 0.1) is 6.61 Å². The fraction of sp³-hybridized carbons (Fsp3) is 0.269. The highest BCUT2D eigenvalue weighted by atomic mass is 19.1. The van der Waals surface area contributed by atoms with Gasteiger partial charge in [-0.15, -0.1) is 0 Å². The highest BCUT2D eigenvalue weighted by molar-refractivity contribution is 5.94. The molecule has 0 N–H and O–H groups in total. The average Bonchev–Trinajstić information content (AvgIpc) is 2.82. The maximum atomic E-state index is 14.0.